The van der Waals surface area contributed by atoms with Gasteiger partial charge in [0.05, 0.1) is 16.1 Å². The minimum Gasteiger partial charge on any atom is -0.355 e. The van der Waals surface area contributed by atoms with Crippen LogP contribution in [0.3, 0.4) is 0 Å². The van der Waals surface area contributed by atoms with E-state index < -0.39 is 0 Å². The molecule has 0 aliphatic carbocycles. The number of carbonyl (C=O) groups excluding carboxylic acids is 1. The van der Waals surface area contributed by atoms with Crippen LogP contribution in [-0.2, 0) is 11.2 Å². The highest BCUT2D eigenvalue weighted by atomic mass is 32.1. The molecule has 2 aromatic heterocycles. The summed E-state index contributed by atoms with van der Waals surface area (Å²) in [7, 11) is 0. The number of fused-ring (bicyclic) bond motifs is 1. The van der Waals surface area contributed by atoms with Crippen LogP contribution in [0.25, 0.3) is 10.2 Å². The lowest BCUT2D eigenvalue weighted by atomic mass is 10.00. The fourth-order valence-corrected chi connectivity index (χ4v) is 4.65. The Morgan fingerprint density at radius 1 is 1.38 bits per heavy atom. The zero-order valence-corrected chi connectivity index (χ0v) is 15.1. The predicted molar refractivity (Wildman–Crippen MR) is 101 cm³/mol. The molecule has 6 heteroatoms. The average molecular weight is 358 g/mol. The lowest BCUT2D eigenvalue weighted by molar-refractivity contribution is -0.125. The fourth-order valence-electron chi connectivity index (χ4n) is 2.86. The Hall–Kier alpha value is -1.92. The first kappa shape index (κ1) is 15.6. The molecular weight excluding hydrogens is 338 g/mol. The number of nitrogens with one attached hydrogen (secondary N) is 1. The normalized spacial score (nSPS) is 14.8. The van der Waals surface area contributed by atoms with Gasteiger partial charge in [0.2, 0.25) is 5.91 Å². The third-order valence-electron chi connectivity index (χ3n) is 4.31. The molecule has 4 nitrogen and oxygen atoms in total. The number of hydrogen-bond acceptors (Lipinski definition) is 5. The van der Waals surface area contributed by atoms with E-state index >= 15 is 0 Å². The highest BCUT2D eigenvalue weighted by Gasteiger charge is 2.34. The third-order valence-corrected chi connectivity index (χ3v) is 6.32. The van der Waals surface area contributed by atoms with E-state index in [1.54, 1.807) is 22.7 Å². The molecular formula is C18H19N3OS2. The molecule has 124 valence electrons. The lowest BCUT2D eigenvalue weighted by Gasteiger charge is -2.37. The van der Waals surface area contributed by atoms with Crippen molar-refractivity contribution in [2.75, 3.05) is 24.5 Å². The van der Waals surface area contributed by atoms with Crippen LogP contribution in [0, 0.1) is 12.8 Å². The van der Waals surface area contributed by atoms with Gasteiger partial charge < -0.3 is 10.2 Å². The first-order valence-electron chi connectivity index (χ1n) is 8.11. The zero-order valence-electron chi connectivity index (χ0n) is 13.5. The molecule has 1 fully saturated rings. The summed E-state index contributed by atoms with van der Waals surface area (Å²) >= 11 is 3.45. The average Bonchev–Trinajstić information content (AvgIpc) is 3.14. The summed E-state index contributed by atoms with van der Waals surface area (Å²) in [6.45, 7) is 4.35. The summed E-state index contributed by atoms with van der Waals surface area (Å²) in [5, 5.41) is 6.15. The van der Waals surface area contributed by atoms with Gasteiger partial charge in [-0.25, -0.2) is 4.98 Å². The number of aryl methyl sites for hydroxylation is 1. The van der Waals surface area contributed by atoms with Crippen molar-refractivity contribution in [3.05, 3.63) is 46.2 Å². The molecule has 1 amide bonds. The van der Waals surface area contributed by atoms with E-state index in [-0.39, 0.29) is 11.8 Å². The number of benzene rings is 1. The standard InChI is InChI=1S/C18H19N3OS2/c1-12-4-5-15-16(9-12)24-18(20-15)21-10-13(11-21)17(22)19-7-6-14-3-2-8-23-14/h2-5,8-9,13H,6-7,10-11H2,1H3,(H,19,22). The smallest absolute Gasteiger partial charge is 0.226 e. The topological polar surface area (TPSA) is 45.2 Å². The van der Waals surface area contributed by atoms with Gasteiger partial charge in [-0.3, -0.25) is 4.79 Å². The molecule has 3 heterocycles. The van der Waals surface area contributed by atoms with Crippen molar-refractivity contribution in [2.45, 2.75) is 13.3 Å². The number of amides is 1. The molecule has 0 spiro atoms. The van der Waals surface area contributed by atoms with Crippen LogP contribution in [0.15, 0.2) is 35.7 Å². The number of thiazole rings is 1. The number of nitrogens with zero attached hydrogens (tertiary/aromatic N) is 2. The van der Waals surface area contributed by atoms with Crippen LogP contribution < -0.4 is 10.2 Å². The van der Waals surface area contributed by atoms with Gasteiger partial charge in [-0.1, -0.05) is 23.5 Å². The molecule has 0 unspecified atom stereocenters. The molecule has 1 saturated heterocycles. The Balaban J connectivity index is 1.29. The molecule has 24 heavy (non-hydrogen) atoms. The third kappa shape index (κ3) is 3.16. The van der Waals surface area contributed by atoms with Gasteiger partial charge in [-0.2, -0.15) is 0 Å². The summed E-state index contributed by atoms with van der Waals surface area (Å²) in [6, 6.07) is 10.5. The molecule has 1 aromatic carbocycles. The van der Waals surface area contributed by atoms with Gasteiger partial charge in [-0.05, 0) is 42.5 Å². The molecule has 4 rings (SSSR count). The van der Waals surface area contributed by atoms with E-state index in [1.807, 2.05) is 6.07 Å². The summed E-state index contributed by atoms with van der Waals surface area (Å²) in [6.07, 6.45) is 0.914. The van der Waals surface area contributed by atoms with Crippen LogP contribution in [0.5, 0.6) is 0 Å². The summed E-state index contributed by atoms with van der Waals surface area (Å²) < 4.78 is 1.22. The maximum Gasteiger partial charge on any atom is 0.226 e. The largest absolute Gasteiger partial charge is 0.355 e. The second-order valence-electron chi connectivity index (χ2n) is 6.19. The van der Waals surface area contributed by atoms with Gasteiger partial charge in [-0.15, -0.1) is 11.3 Å². The van der Waals surface area contributed by atoms with Crippen molar-refractivity contribution in [3.8, 4) is 0 Å². The Labute approximate surface area is 149 Å². The van der Waals surface area contributed by atoms with Crippen LogP contribution in [0.4, 0.5) is 5.13 Å². The fraction of sp³-hybridized carbons (Fsp3) is 0.333. The second kappa shape index (κ2) is 6.53. The van der Waals surface area contributed by atoms with Crippen molar-refractivity contribution in [2.24, 2.45) is 5.92 Å². The van der Waals surface area contributed by atoms with E-state index in [0.717, 1.165) is 36.7 Å². The maximum absolute atomic E-state index is 12.2. The molecule has 3 aromatic rings. The zero-order chi connectivity index (χ0) is 16.5. The molecule has 0 saturated carbocycles. The molecule has 1 aliphatic rings. The minimum absolute atomic E-state index is 0.0853. The summed E-state index contributed by atoms with van der Waals surface area (Å²) in [5.74, 6) is 0.252. The van der Waals surface area contributed by atoms with Crippen LogP contribution >= 0.6 is 22.7 Å². The highest BCUT2D eigenvalue weighted by Crippen LogP contribution is 2.33. The van der Waals surface area contributed by atoms with Gasteiger partial charge in [0.25, 0.3) is 0 Å². The maximum atomic E-state index is 12.2. The Bertz CT molecular complexity index is 850. The monoisotopic (exact) mass is 357 g/mol. The second-order valence-corrected chi connectivity index (χ2v) is 8.23. The molecule has 1 N–H and O–H groups in total. The Kier molecular flexibility index (Phi) is 4.24. The van der Waals surface area contributed by atoms with Crippen molar-refractivity contribution in [1.29, 1.82) is 0 Å². The van der Waals surface area contributed by atoms with Gasteiger partial charge in [0.1, 0.15) is 0 Å². The van der Waals surface area contributed by atoms with E-state index in [2.05, 4.69) is 51.8 Å². The number of rotatable bonds is 5. The minimum atomic E-state index is 0.0853. The molecule has 0 bridgehead atoms. The summed E-state index contributed by atoms with van der Waals surface area (Å²) in [4.78, 5) is 20.4. The van der Waals surface area contributed by atoms with E-state index in [9.17, 15) is 4.79 Å². The first-order chi connectivity index (χ1) is 11.7. The van der Waals surface area contributed by atoms with E-state index in [1.165, 1.54) is 15.1 Å². The SMILES string of the molecule is Cc1ccc2nc(N3CC(C(=O)NCCc4cccs4)C3)sc2c1. The van der Waals surface area contributed by atoms with E-state index in [4.69, 9.17) is 0 Å². The van der Waals surface area contributed by atoms with Crippen molar-refractivity contribution in [1.82, 2.24) is 10.3 Å². The molecule has 1 aliphatic heterocycles. The Morgan fingerprint density at radius 2 is 2.25 bits per heavy atom. The predicted octanol–water partition coefficient (Wildman–Crippen LogP) is 3.46. The summed E-state index contributed by atoms with van der Waals surface area (Å²) in [5.41, 5.74) is 2.30. The number of anilines is 1. The van der Waals surface area contributed by atoms with Gasteiger partial charge in [0.15, 0.2) is 5.13 Å². The Morgan fingerprint density at radius 3 is 3.04 bits per heavy atom. The van der Waals surface area contributed by atoms with Gasteiger partial charge in [0, 0.05) is 24.5 Å². The van der Waals surface area contributed by atoms with Crippen LogP contribution in [0.2, 0.25) is 0 Å². The number of hydrogen-bond donors (Lipinski definition) is 1. The van der Waals surface area contributed by atoms with Crippen LogP contribution in [-0.4, -0.2) is 30.5 Å². The van der Waals surface area contributed by atoms with Crippen LogP contribution in [0.1, 0.15) is 10.4 Å². The lowest BCUT2D eigenvalue weighted by Crippen LogP contribution is -2.54. The quantitative estimate of drug-likeness (QED) is 0.761. The number of aromatic nitrogens is 1. The van der Waals surface area contributed by atoms with E-state index in [0.29, 0.717) is 0 Å². The van der Waals surface area contributed by atoms with Crippen molar-refractivity contribution >= 4 is 43.9 Å². The highest BCUT2D eigenvalue weighted by molar-refractivity contribution is 7.22. The van der Waals surface area contributed by atoms with Crippen molar-refractivity contribution < 1.29 is 4.79 Å². The van der Waals surface area contributed by atoms with Gasteiger partial charge >= 0.3 is 0 Å². The van der Waals surface area contributed by atoms with Crippen molar-refractivity contribution in [3.63, 3.8) is 0 Å². The molecule has 0 atom stereocenters. The number of carbonyl (C=O) groups is 1. The molecule has 0 radical (unpaired) electrons. The first-order valence-corrected chi connectivity index (χ1v) is 9.81. The number of thiophene rings is 1.